The molecule has 10 heteroatoms. The van der Waals surface area contributed by atoms with Crippen LogP contribution in [0.2, 0.25) is 0 Å². The lowest BCUT2D eigenvalue weighted by Gasteiger charge is -2.37. The molecule has 1 saturated heterocycles. The lowest BCUT2D eigenvalue weighted by Crippen LogP contribution is -2.54. The van der Waals surface area contributed by atoms with Gasteiger partial charge in [0.1, 0.15) is 12.4 Å². The minimum absolute atomic E-state index is 0.0231. The normalized spacial score (nSPS) is 16.2. The first kappa shape index (κ1) is 27.4. The van der Waals surface area contributed by atoms with Gasteiger partial charge in [0.05, 0.1) is 5.56 Å². The number of hydrogen-bond donors (Lipinski definition) is 3. The molecule has 2 fully saturated rings. The zero-order chi connectivity index (χ0) is 26.9. The summed E-state index contributed by atoms with van der Waals surface area (Å²) in [6.45, 7) is 2.37. The van der Waals surface area contributed by atoms with Crippen LogP contribution in [0.25, 0.3) is 0 Å². The van der Waals surface area contributed by atoms with Crippen LogP contribution in [-0.2, 0) is 16.1 Å². The van der Waals surface area contributed by atoms with Crippen LogP contribution in [0.3, 0.4) is 0 Å². The van der Waals surface area contributed by atoms with E-state index in [1.54, 1.807) is 24.3 Å². The summed E-state index contributed by atoms with van der Waals surface area (Å²) in [7, 11) is 1.44. The molecule has 0 unspecified atom stereocenters. The Bertz CT molecular complexity index is 1110. The zero-order valence-electron chi connectivity index (χ0n) is 21.8. The predicted octanol–water partition coefficient (Wildman–Crippen LogP) is 3.50. The van der Waals surface area contributed by atoms with Crippen LogP contribution in [-0.4, -0.2) is 68.7 Å². The summed E-state index contributed by atoms with van der Waals surface area (Å²) in [6.07, 6.45) is 5.63. The molecule has 4 amide bonds. The SMILES string of the molecule is COCC(=O)Nc1ccc(N2CCN(C(=O)NC3CCCCC3)CC2)c(C(=O)NCc2ccc(F)cc2)c1. The maximum absolute atomic E-state index is 13.3. The van der Waals surface area contributed by atoms with Crippen LogP contribution < -0.4 is 20.9 Å². The Morgan fingerprint density at radius 1 is 0.974 bits per heavy atom. The lowest BCUT2D eigenvalue weighted by molar-refractivity contribution is -0.119. The average Bonchev–Trinajstić information content (AvgIpc) is 2.93. The molecule has 9 nitrogen and oxygen atoms in total. The number of anilines is 2. The quantitative estimate of drug-likeness (QED) is 0.490. The van der Waals surface area contributed by atoms with Crippen molar-refractivity contribution < 1.29 is 23.5 Å². The van der Waals surface area contributed by atoms with Crippen LogP contribution >= 0.6 is 0 Å². The topological polar surface area (TPSA) is 103 Å². The van der Waals surface area contributed by atoms with Crippen molar-refractivity contribution >= 4 is 29.2 Å². The van der Waals surface area contributed by atoms with Gasteiger partial charge in [-0.2, -0.15) is 0 Å². The number of amides is 4. The smallest absolute Gasteiger partial charge is 0.317 e. The van der Waals surface area contributed by atoms with Gasteiger partial charge in [-0.05, 0) is 48.7 Å². The van der Waals surface area contributed by atoms with E-state index in [9.17, 15) is 18.8 Å². The third-order valence-corrected chi connectivity index (χ3v) is 7.01. The van der Waals surface area contributed by atoms with Gasteiger partial charge in [-0.25, -0.2) is 9.18 Å². The molecule has 1 saturated carbocycles. The summed E-state index contributed by atoms with van der Waals surface area (Å²) in [5, 5.41) is 8.81. The minimum Gasteiger partial charge on any atom is -0.375 e. The zero-order valence-corrected chi connectivity index (χ0v) is 21.8. The van der Waals surface area contributed by atoms with Gasteiger partial charge in [-0.15, -0.1) is 0 Å². The summed E-state index contributed by atoms with van der Waals surface area (Å²) in [4.78, 5) is 42.0. The third-order valence-electron chi connectivity index (χ3n) is 7.01. The van der Waals surface area contributed by atoms with Crippen molar-refractivity contribution in [1.29, 1.82) is 0 Å². The Labute approximate surface area is 222 Å². The predicted molar refractivity (Wildman–Crippen MR) is 144 cm³/mol. The Morgan fingerprint density at radius 2 is 1.68 bits per heavy atom. The van der Waals surface area contributed by atoms with Crippen LogP contribution in [0.1, 0.15) is 48.0 Å². The van der Waals surface area contributed by atoms with E-state index in [1.807, 2.05) is 11.0 Å². The fourth-order valence-corrected chi connectivity index (χ4v) is 4.94. The number of carbonyl (C=O) groups excluding carboxylic acids is 3. The number of halogens is 1. The standard InChI is InChI=1S/C28H36FN5O4/c1-38-19-26(35)31-23-11-12-25(24(17-23)27(36)30-18-20-7-9-21(29)10-8-20)33-13-15-34(16-14-33)28(37)32-22-5-3-2-4-6-22/h7-12,17,22H,2-6,13-16,18-19H2,1H3,(H,30,36)(H,31,35)(H,32,37). The Hall–Kier alpha value is -3.66. The highest BCUT2D eigenvalue weighted by Gasteiger charge is 2.26. The van der Waals surface area contributed by atoms with E-state index in [0.29, 0.717) is 37.4 Å². The van der Waals surface area contributed by atoms with Gasteiger partial charge < -0.3 is 30.5 Å². The summed E-state index contributed by atoms with van der Waals surface area (Å²) in [5.74, 6) is -0.978. The van der Waals surface area contributed by atoms with E-state index in [2.05, 4.69) is 20.9 Å². The molecular formula is C28H36FN5O4. The van der Waals surface area contributed by atoms with Crippen LogP contribution in [0.4, 0.5) is 20.6 Å². The molecule has 38 heavy (non-hydrogen) atoms. The molecule has 2 aromatic rings. The molecule has 0 aromatic heterocycles. The fraction of sp³-hybridized carbons (Fsp3) is 0.464. The molecule has 0 bridgehead atoms. The maximum Gasteiger partial charge on any atom is 0.317 e. The van der Waals surface area contributed by atoms with E-state index in [4.69, 9.17) is 4.74 Å². The molecule has 1 aliphatic carbocycles. The first-order valence-corrected chi connectivity index (χ1v) is 13.2. The number of urea groups is 1. The first-order valence-electron chi connectivity index (χ1n) is 13.2. The molecule has 0 radical (unpaired) electrons. The molecule has 3 N–H and O–H groups in total. The number of hydrogen-bond acceptors (Lipinski definition) is 5. The first-order chi connectivity index (χ1) is 18.4. The number of carbonyl (C=O) groups is 3. The van der Waals surface area contributed by atoms with Crippen molar-refractivity contribution in [3.63, 3.8) is 0 Å². The molecule has 0 atom stereocenters. The van der Waals surface area contributed by atoms with Crippen molar-refractivity contribution in [2.24, 2.45) is 0 Å². The number of piperazine rings is 1. The molecule has 4 rings (SSSR count). The molecule has 2 aliphatic rings. The second-order valence-electron chi connectivity index (χ2n) is 9.78. The molecule has 0 spiro atoms. The van der Waals surface area contributed by atoms with E-state index < -0.39 is 0 Å². The Morgan fingerprint density at radius 3 is 2.37 bits per heavy atom. The second-order valence-corrected chi connectivity index (χ2v) is 9.78. The molecule has 2 aromatic carbocycles. The number of benzene rings is 2. The van der Waals surface area contributed by atoms with Gasteiger partial charge in [0.2, 0.25) is 5.91 Å². The van der Waals surface area contributed by atoms with Crippen molar-refractivity contribution in [3.05, 3.63) is 59.4 Å². The highest BCUT2D eigenvalue weighted by atomic mass is 19.1. The average molecular weight is 526 g/mol. The van der Waals surface area contributed by atoms with Crippen molar-refractivity contribution in [2.75, 3.05) is 50.1 Å². The third kappa shape index (κ3) is 7.44. The van der Waals surface area contributed by atoms with E-state index >= 15 is 0 Å². The Balaban J connectivity index is 1.44. The molecule has 204 valence electrons. The van der Waals surface area contributed by atoms with E-state index in [0.717, 1.165) is 36.9 Å². The van der Waals surface area contributed by atoms with E-state index in [-0.39, 0.29) is 42.9 Å². The second kappa shape index (κ2) is 13.2. The number of nitrogens with one attached hydrogen (secondary N) is 3. The molecule has 1 heterocycles. The largest absolute Gasteiger partial charge is 0.375 e. The monoisotopic (exact) mass is 525 g/mol. The van der Waals surface area contributed by atoms with Crippen LogP contribution in [0.15, 0.2) is 42.5 Å². The summed E-state index contributed by atoms with van der Waals surface area (Å²) in [5.41, 5.74) is 2.37. The van der Waals surface area contributed by atoms with E-state index in [1.165, 1.54) is 25.7 Å². The summed E-state index contributed by atoms with van der Waals surface area (Å²) < 4.78 is 18.1. The highest BCUT2D eigenvalue weighted by molar-refractivity contribution is 6.02. The summed E-state index contributed by atoms with van der Waals surface area (Å²) >= 11 is 0. The van der Waals surface area contributed by atoms with Gasteiger partial charge in [0, 0.05) is 57.3 Å². The maximum atomic E-state index is 13.3. The summed E-state index contributed by atoms with van der Waals surface area (Å²) in [6, 6.07) is 11.4. The van der Waals surface area contributed by atoms with Crippen molar-refractivity contribution in [3.8, 4) is 0 Å². The van der Waals surface area contributed by atoms with Crippen molar-refractivity contribution in [2.45, 2.75) is 44.7 Å². The van der Waals surface area contributed by atoms with Crippen LogP contribution in [0, 0.1) is 5.82 Å². The lowest BCUT2D eigenvalue weighted by atomic mass is 9.96. The number of nitrogens with zero attached hydrogens (tertiary/aromatic N) is 2. The van der Waals surface area contributed by atoms with Gasteiger partial charge in [0.25, 0.3) is 5.91 Å². The molecular weight excluding hydrogens is 489 g/mol. The van der Waals surface area contributed by atoms with Gasteiger partial charge in [-0.3, -0.25) is 9.59 Å². The number of ether oxygens (including phenoxy) is 1. The highest BCUT2D eigenvalue weighted by Crippen LogP contribution is 2.26. The fourth-order valence-electron chi connectivity index (χ4n) is 4.94. The Kier molecular flexibility index (Phi) is 9.53. The minimum atomic E-state index is -0.339. The number of methoxy groups -OCH3 is 1. The number of rotatable bonds is 8. The molecule has 1 aliphatic heterocycles. The van der Waals surface area contributed by atoms with Gasteiger partial charge in [-0.1, -0.05) is 31.4 Å². The van der Waals surface area contributed by atoms with Gasteiger partial charge in [0.15, 0.2) is 0 Å². The van der Waals surface area contributed by atoms with Crippen LogP contribution in [0.5, 0.6) is 0 Å². The van der Waals surface area contributed by atoms with Gasteiger partial charge >= 0.3 is 6.03 Å². The van der Waals surface area contributed by atoms with Crippen molar-refractivity contribution in [1.82, 2.24) is 15.5 Å².